The predicted octanol–water partition coefficient (Wildman–Crippen LogP) is 2.48. The molecule has 0 aliphatic heterocycles. The van der Waals surface area contributed by atoms with Gasteiger partial charge in [0, 0.05) is 6.42 Å². The molecule has 0 spiro atoms. The Morgan fingerprint density at radius 2 is 2.10 bits per heavy atom. The third kappa shape index (κ3) is 3.81. The third-order valence-electron chi connectivity index (χ3n) is 2.78. The largest absolute Gasteiger partial charge is 0.466 e. The summed E-state index contributed by atoms with van der Waals surface area (Å²) in [6.07, 6.45) is 0.698. The van der Waals surface area contributed by atoms with E-state index in [1.54, 1.807) is 11.6 Å². The van der Waals surface area contributed by atoms with E-state index in [1.165, 1.54) is 0 Å². The lowest BCUT2D eigenvalue weighted by molar-refractivity contribution is -0.143. The molecule has 1 aromatic carbocycles. The summed E-state index contributed by atoms with van der Waals surface area (Å²) in [4.78, 5) is 11.3. The van der Waals surface area contributed by atoms with Crippen LogP contribution < -0.4 is 0 Å². The number of esters is 1. The molecule has 0 amide bonds. The van der Waals surface area contributed by atoms with Gasteiger partial charge in [-0.1, -0.05) is 47.1 Å². The van der Waals surface area contributed by atoms with Crippen molar-refractivity contribution in [3.05, 3.63) is 46.7 Å². The monoisotopic (exact) mass is 293 g/mol. The van der Waals surface area contributed by atoms with Crippen LogP contribution in [-0.4, -0.2) is 27.6 Å². The zero-order chi connectivity index (χ0) is 14.4. The fraction of sp³-hybridized carbons (Fsp3) is 0.357. The van der Waals surface area contributed by atoms with Crippen molar-refractivity contribution in [2.75, 3.05) is 6.61 Å². The molecule has 1 aromatic heterocycles. The van der Waals surface area contributed by atoms with E-state index in [0.29, 0.717) is 30.4 Å². The number of halogens is 1. The topological polar surface area (TPSA) is 57.0 Å². The number of hydrogen-bond donors (Lipinski definition) is 0. The van der Waals surface area contributed by atoms with Crippen LogP contribution in [0.2, 0.25) is 5.15 Å². The number of ether oxygens (including phenoxy) is 1. The molecule has 2 aromatic rings. The van der Waals surface area contributed by atoms with Crippen molar-refractivity contribution in [1.29, 1.82) is 0 Å². The molecule has 0 aliphatic carbocycles. The number of carbonyl (C=O) groups excluding carboxylic acids is 1. The van der Waals surface area contributed by atoms with Gasteiger partial charge < -0.3 is 4.74 Å². The zero-order valence-electron chi connectivity index (χ0n) is 11.3. The summed E-state index contributed by atoms with van der Waals surface area (Å²) in [6, 6.07) is 9.87. The number of rotatable bonds is 6. The van der Waals surface area contributed by atoms with Gasteiger partial charge in [0.15, 0.2) is 5.15 Å². The summed E-state index contributed by atoms with van der Waals surface area (Å²) in [5.74, 6) is -0.249. The lowest BCUT2D eigenvalue weighted by Gasteiger charge is -2.02. The zero-order valence-corrected chi connectivity index (χ0v) is 12.0. The second kappa shape index (κ2) is 7.05. The van der Waals surface area contributed by atoms with E-state index in [1.807, 2.05) is 30.3 Å². The maximum Gasteiger partial charge on any atom is 0.306 e. The van der Waals surface area contributed by atoms with E-state index in [9.17, 15) is 4.79 Å². The summed E-state index contributed by atoms with van der Waals surface area (Å²) in [6.45, 7) is 2.72. The first-order chi connectivity index (χ1) is 9.70. The molecule has 0 aliphatic rings. The van der Waals surface area contributed by atoms with Crippen LogP contribution in [0.1, 0.15) is 24.6 Å². The van der Waals surface area contributed by atoms with Crippen molar-refractivity contribution < 1.29 is 9.53 Å². The third-order valence-corrected chi connectivity index (χ3v) is 3.20. The minimum absolute atomic E-state index is 0.249. The minimum Gasteiger partial charge on any atom is -0.466 e. The molecule has 0 atom stereocenters. The quantitative estimate of drug-likeness (QED) is 0.768. The van der Waals surface area contributed by atoms with Crippen molar-refractivity contribution in [3.63, 3.8) is 0 Å². The number of benzene rings is 1. The van der Waals surface area contributed by atoms with Crippen LogP contribution in [0, 0.1) is 0 Å². The Kier molecular flexibility index (Phi) is 5.12. The minimum atomic E-state index is -0.249. The van der Waals surface area contributed by atoms with Crippen LogP contribution in [0.15, 0.2) is 30.3 Å². The second-order valence-electron chi connectivity index (χ2n) is 4.28. The average molecular weight is 294 g/mol. The van der Waals surface area contributed by atoms with Gasteiger partial charge in [-0.25, -0.2) is 4.68 Å². The SMILES string of the molecule is CCOC(=O)CCc1nnn(Cc2ccccc2)c1Cl. The van der Waals surface area contributed by atoms with Gasteiger partial charge in [0.25, 0.3) is 0 Å². The molecule has 5 nitrogen and oxygen atoms in total. The summed E-state index contributed by atoms with van der Waals surface area (Å²) in [5, 5.41) is 8.51. The Morgan fingerprint density at radius 3 is 2.80 bits per heavy atom. The fourth-order valence-corrected chi connectivity index (χ4v) is 2.03. The molecule has 0 radical (unpaired) electrons. The van der Waals surface area contributed by atoms with Gasteiger partial charge in [-0.3, -0.25) is 4.79 Å². The molecule has 1 heterocycles. The Hall–Kier alpha value is -1.88. The second-order valence-corrected chi connectivity index (χ2v) is 4.63. The molecule has 0 bridgehead atoms. The first-order valence-electron chi connectivity index (χ1n) is 6.48. The normalized spacial score (nSPS) is 10.5. The van der Waals surface area contributed by atoms with E-state index in [-0.39, 0.29) is 12.4 Å². The highest BCUT2D eigenvalue weighted by molar-refractivity contribution is 6.30. The predicted molar refractivity (Wildman–Crippen MR) is 75.5 cm³/mol. The average Bonchev–Trinajstić information content (AvgIpc) is 2.79. The van der Waals surface area contributed by atoms with E-state index in [4.69, 9.17) is 16.3 Å². The van der Waals surface area contributed by atoms with Gasteiger partial charge in [-0.15, -0.1) is 5.10 Å². The Balaban J connectivity index is 1.98. The lowest BCUT2D eigenvalue weighted by Crippen LogP contribution is -2.05. The summed E-state index contributed by atoms with van der Waals surface area (Å²) in [7, 11) is 0. The van der Waals surface area contributed by atoms with Crippen molar-refractivity contribution in [2.24, 2.45) is 0 Å². The highest BCUT2D eigenvalue weighted by Gasteiger charge is 2.13. The van der Waals surface area contributed by atoms with Crippen LogP contribution in [0.3, 0.4) is 0 Å². The van der Waals surface area contributed by atoms with Gasteiger partial charge in [-0.05, 0) is 12.5 Å². The van der Waals surface area contributed by atoms with E-state index in [2.05, 4.69) is 10.3 Å². The van der Waals surface area contributed by atoms with Crippen molar-refractivity contribution in [3.8, 4) is 0 Å². The van der Waals surface area contributed by atoms with Gasteiger partial charge >= 0.3 is 5.97 Å². The van der Waals surface area contributed by atoms with Gasteiger partial charge in [0.1, 0.15) is 5.69 Å². The maximum absolute atomic E-state index is 11.3. The first kappa shape index (κ1) is 14.5. The Labute approximate surface area is 122 Å². The summed E-state index contributed by atoms with van der Waals surface area (Å²) < 4.78 is 6.49. The highest BCUT2D eigenvalue weighted by Crippen LogP contribution is 2.16. The van der Waals surface area contributed by atoms with Crippen molar-refractivity contribution in [1.82, 2.24) is 15.0 Å². The van der Waals surface area contributed by atoms with Crippen LogP contribution in [-0.2, 0) is 22.5 Å². The first-order valence-corrected chi connectivity index (χ1v) is 6.86. The van der Waals surface area contributed by atoms with E-state index in [0.717, 1.165) is 5.56 Å². The van der Waals surface area contributed by atoms with Crippen LogP contribution in [0.5, 0.6) is 0 Å². The van der Waals surface area contributed by atoms with Crippen LogP contribution in [0.25, 0.3) is 0 Å². The highest BCUT2D eigenvalue weighted by atomic mass is 35.5. The molecule has 106 valence electrons. The maximum atomic E-state index is 11.3. The van der Waals surface area contributed by atoms with Gasteiger partial charge in [0.2, 0.25) is 0 Å². The lowest BCUT2D eigenvalue weighted by atomic mass is 10.2. The molecule has 20 heavy (non-hydrogen) atoms. The fourth-order valence-electron chi connectivity index (χ4n) is 1.80. The van der Waals surface area contributed by atoms with Gasteiger partial charge in [0.05, 0.1) is 19.6 Å². The van der Waals surface area contributed by atoms with Crippen LogP contribution >= 0.6 is 11.6 Å². The smallest absolute Gasteiger partial charge is 0.306 e. The molecule has 0 N–H and O–H groups in total. The van der Waals surface area contributed by atoms with E-state index >= 15 is 0 Å². The molecule has 0 unspecified atom stereocenters. The molecule has 0 saturated carbocycles. The standard InChI is InChI=1S/C14H16ClN3O2/c1-2-20-13(19)9-8-12-14(15)18(17-16-12)10-11-6-4-3-5-7-11/h3-7H,2,8-10H2,1H3. The Morgan fingerprint density at radius 1 is 1.35 bits per heavy atom. The number of nitrogens with zero attached hydrogens (tertiary/aromatic N) is 3. The molecular weight excluding hydrogens is 278 g/mol. The molecule has 6 heteroatoms. The number of aryl methyl sites for hydroxylation is 1. The molecule has 0 saturated heterocycles. The summed E-state index contributed by atoms with van der Waals surface area (Å²) >= 11 is 6.22. The van der Waals surface area contributed by atoms with Crippen molar-refractivity contribution >= 4 is 17.6 Å². The number of hydrogen-bond acceptors (Lipinski definition) is 4. The summed E-state index contributed by atoms with van der Waals surface area (Å²) in [5.41, 5.74) is 1.71. The molecule has 0 fully saturated rings. The Bertz CT molecular complexity index is 569. The van der Waals surface area contributed by atoms with E-state index < -0.39 is 0 Å². The molecule has 2 rings (SSSR count). The van der Waals surface area contributed by atoms with Crippen LogP contribution in [0.4, 0.5) is 0 Å². The number of aromatic nitrogens is 3. The molecular formula is C14H16ClN3O2. The van der Waals surface area contributed by atoms with Crippen molar-refractivity contribution in [2.45, 2.75) is 26.3 Å². The van der Waals surface area contributed by atoms with Gasteiger partial charge in [-0.2, -0.15) is 0 Å². The number of carbonyl (C=O) groups is 1.